The molecule has 27 heavy (non-hydrogen) atoms. The van der Waals surface area contributed by atoms with Crippen LogP contribution in [-0.2, 0) is 6.42 Å². The SMILES string of the molecule is Oc1ccc(C(O)CN2C[C@@H]3CC(F)(Cc4ccccc4)C[C@@H]3C2)cc1F. The molecule has 2 aromatic rings. The van der Waals surface area contributed by atoms with Gasteiger partial charge in [-0.15, -0.1) is 0 Å². The van der Waals surface area contributed by atoms with E-state index in [1.54, 1.807) is 0 Å². The summed E-state index contributed by atoms with van der Waals surface area (Å²) >= 11 is 0. The van der Waals surface area contributed by atoms with Crippen molar-refractivity contribution in [2.45, 2.75) is 31.0 Å². The number of aliphatic hydroxyl groups is 1. The van der Waals surface area contributed by atoms with Crippen molar-refractivity contribution in [3.8, 4) is 5.75 Å². The molecule has 0 aromatic heterocycles. The minimum absolute atomic E-state index is 0.308. The van der Waals surface area contributed by atoms with Gasteiger partial charge >= 0.3 is 0 Å². The van der Waals surface area contributed by atoms with Crippen LogP contribution in [-0.4, -0.2) is 40.4 Å². The van der Waals surface area contributed by atoms with Crippen molar-refractivity contribution in [2.24, 2.45) is 11.8 Å². The number of nitrogens with zero attached hydrogens (tertiary/aromatic N) is 1. The lowest BCUT2D eigenvalue weighted by atomic mass is 9.93. The summed E-state index contributed by atoms with van der Waals surface area (Å²) in [5.74, 6) is -0.530. The van der Waals surface area contributed by atoms with Gasteiger partial charge in [0.1, 0.15) is 5.67 Å². The number of aliphatic hydroxyl groups excluding tert-OH is 1. The van der Waals surface area contributed by atoms with E-state index in [2.05, 4.69) is 4.90 Å². The summed E-state index contributed by atoms with van der Waals surface area (Å²) < 4.78 is 28.8. The largest absolute Gasteiger partial charge is 0.505 e. The Morgan fingerprint density at radius 2 is 1.74 bits per heavy atom. The minimum atomic E-state index is -1.14. The first-order valence-corrected chi connectivity index (χ1v) is 9.53. The third-order valence-corrected chi connectivity index (χ3v) is 6.06. The van der Waals surface area contributed by atoms with E-state index in [0.29, 0.717) is 43.2 Å². The van der Waals surface area contributed by atoms with Gasteiger partial charge in [0.2, 0.25) is 0 Å². The summed E-state index contributed by atoms with van der Waals surface area (Å²) in [5, 5.41) is 19.7. The predicted molar refractivity (Wildman–Crippen MR) is 99.7 cm³/mol. The number of benzene rings is 2. The molecule has 0 radical (unpaired) electrons. The van der Waals surface area contributed by atoms with Crippen molar-refractivity contribution >= 4 is 0 Å². The number of likely N-dealkylation sites (tertiary alicyclic amines) is 1. The average Bonchev–Trinajstić information content (AvgIpc) is 3.11. The molecule has 1 aliphatic carbocycles. The first-order valence-electron chi connectivity index (χ1n) is 9.53. The first-order chi connectivity index (χ1) is 12.9. The Morgan fingerprint density at radius 1 is 1.07 bits per heavy atom. The van der Waals surface area contributed by atoms with Gasteiger partial charge in [-0.3, -0.25) is 4.90 Å². The molecule has 1 saturated heterocycles. The number of halogens is 2. The fourth-order valence-electron chi connectivity index (χ4n) is 4.86. The third-order valence-electron chi connectivity index (χ3n) is 6.06. The molecule has 0 amide bonds. The van der Waals surface area contributed by atoms with E-state index in [1.165, 1.54) is 18.2 Å². The molecule has 0 bridgehead atoms. The molecule has 1 heterocycles. The Kier molecular flexibility index (Phi) is 4.91. The monoisotopic (exact) mass is 373 g/mol. The zero-order chi connectivity index (χ0) is 19.0. The maximum absolute atomic E-state index is 15.3. The second-order valence-electron chi connectivity index (χ2n) is 8.19. The van der Waals surface area contributed by atoms with Gasteiger partial charge in [0, 0.05) is 26.1 Å². The van der Waals surface area contributed by atoms with Crippen molar-refractivity contribution in [1.29, 1.82) is 0 Å². The van der Waals surface area contributed by atoms with E-state index < -0.39 is 23.3 Å². The first kappa shape index (κ1) is 18.4. The summed E-state index contributed by atoms with van der Waals surface area (Å²) in [5.41, 5.74) is 0.356. The molecule has 0 spiro atoms. The van der Waals surface area contributed by atoms with Crippen LogP contribution in [0.15, 0.2) is 48.5 Å². The molecule has 4 atom stereocenters. The van der Waals surface area contributed by atoms with Gasteiger partial charge in [-0.25, -0.2) is 8.78 Å². The summed E-state index contributed by atoms with van der Waals surface area (Å²) in [6.45, 7) is 1.93. The number of alkyl halides is 1. The van der Waals surface area contributed by atoms with E-state index in [9.17, 15) is 14.6 Å². The van der Waals surface area contributed by atoms with E-state index in [1.807, 2.05) is 30.3 Å². The predicted octanol–water partition coefficient (Wildman–Crippen LogP) is 3.86. The highest BCUT2D eigenvalue weighted by Crippen LogP contribution is 2.47. The Morgan fingerprint density at radius 3 is 2.37 bits per heavy atom. The zero-order valence-corrected chi connectivity index (χ0v) is 15.2. The lowest BCUT2D eigenvalue weighted by Crippen LogP contribution is -2.31. The maximum atomic E-state index is 15.3. The van der Waals surface area contributed by atoms with Crippen molar-refractivity contribution in [3.63, 3.8) is 0 Å². The third kappa shape index (κ3) is 3.99. The van der Waals surface area contributed by atoms with Crippen LogP contribution < -0.4 is 0 Å². The van der Waals surface area contributed by atoms with Gasteiger partial charge in [0.05, 0.1) is 6.10 Å². The molecule has 2 aliphatic rings. The number of β-amino-alcohol motifs (C(OH)–C–C–N with tert-alkyl or cyclic N) is 1. The second kappa shape index (κ2) is 7.21. The summed E-state index contributed by atoms with van der Waals surface area (Å²) in [6, 6.07) is 13.8. The van der Waals surface area contributed by atoms with E-state index >= 15 is 4.39 Å². The number of phenolic OH excluding ortho intramolecular Hbond substituents is 1. The summed E-state index contributed by atoms with van der Waals surface area (Å²) in [7, 11) is 0. The Bertz CT molecular complexity index is 784. The van der Waals surface area contributed by atoms with Crippen LogP contribution in [0.4, 0.5) is 8.78 Å². The molecular formula is C22H25F2NO2. The fourth-order valence-corrected chi connectivity index (χ4v) is 4.86. The fraction of sp³-hybridized carbons (Fsp3) is 0.455. The number of fused-ring (bicyclic) bond motifs is 1. The van der Waals surface area contributed by atoms with Crippen molar-refractivity contribution in [3.05, 3.63) is 65.5 Å². The Labute approximate surface area is 158 Å². The summed E-state index contributed by atoms with van der Waals surface area (Å²) in [4.78, 5) is 2.15. The smallest absolute Gasteiger partial charge is 0.165 e. The van der Waals surface area contributed by atoms with E-state index in [-0.39, 0.29) is 0 Å². The molecule has 3 nitrogen and oxygen atoms in total. The van der Waals surface area contributed by atoms with Crippen LogP contribution in [0.25, 0.3) is 0 Å². The normalized spacial score (nSPS) is 29.0. The van der Waals surface area contributed by atoms with Crippen LogP contribution in [0.3, 0.4) is 0 Å². The standard InChI is InChI=1S/C22H25F2NO2/c23-19-8-16(6-7-20(19)26)21(27)14-25-12-17-10-22(24,11-18(17)13-25)9-15-4-2-1-3-5-15/h1-8,17-18,21,26-27H,9-14H2/t17-,18+,21?,22?. The van der Waals surface area contributed by atoms with Gasteiger partial charge in [0.25, 0.3) is 0 Å². The Hall–Kier alpha value is -1.98. The van der Waals surface area contributed by atoms with Crippen molar-refractivity contribution in [1.82, 2.24) is 4.90 Å². The highest BCUT2D eigenvalue weighted by molar-refractivity contribution is 5.29. The highest BCUT2D eigenvalue weighted by Gasteiger charge is 2.49. The quantitative estimate of drug-likeness (QED) is 0.837. The van der Waals surface area contributed by atoms with Gasteiger partial charge in [-0.05, 0) is 47.9 Å². The molecule has 2 fully saturated rings. The lowest BCUT2D eigenvalue weighted by Gasteiger charge is -2.25. The maximum Gasteiger partial charge on any atom is 0.165 e. The van der Waals surface area contributed by atoms with E-state index in [4.69, 9.17) is 0 Å². The van der Waals surface area contributed by atoms with Crippen LogP contribution in [0, 0.1) is 17.7 Å². The van der Waals surface area contributed by atoms with Gasteiger partial charge in [0.15, 0.2) is 11.6 Å². The zero-order valence-electron chi connectivity index (χ0n) is 15.2. The average molecular weight is 373 g/mol. The van der Waals surface area contributed by atoms with Gasteiger partial charge in [-0.2, -0.15) is 0 Å². The number of hydrogen-bond acceptors (Lipinski definition) is 3. The van der Waals surface area contributed by atoms with Gasteiger partial charge in [-0.1, -0.05) is 36.4 Å². The number of hydrogen-bond donors (Lipinski definition) is 2. The lowest BCUT2D eigenvalue weighted by molar-refractivity contribution is 0.108. The van der Waals surface area contributed by atoms with Crippen LogP contribution in [0.2, 0.25) is 0 Å². The minimum Gasteiger partial charge on any atom is -0.505 e. The van der Waals surface area contributed by atoms with E-state index in [0.717, 1.165) is 18.7 Å². The molecule has 144 valence electrons. The van der Waals surface area contributed by atoms with Gasteiger partial charge < -0.3 is 10.2 Å². The molecule has 2 N–H and O–H groups in total. The molecule has 1 saturated carbocycles. The molecular weight excluding hydrogens is 348 g/mol. The van der Waals surface area contributed by atoms with Crippen molar-refractivity contribution < 1.29 is 19.0 Å². The number of phenols is 1. The Balaban J connectivity index is 1.33. The topological polar surface area (TPSA) is 43.7 Å². The number of aromatic hydroxyl groups is 1. The van der Waals surface area contributed by atoms with Crippen molar-refractivity contribution in [2.75, 3.05) is 19.6 Å². The van der Waals surface area contributed by atoms with Crippen LogP contribution in [0.5, 0.6) is 5.75 Å². The van der Waals surface area contributed by atoms with Crippen LogP contribution in [0.1, 0.15) is 30.1 Å². The second-order valence-corrected chi connectivity index (χ2v) is 8.19. The summed E-state index contributed by atoms with van der Waals surface area (Å²) in [6.07, 6.45) is 0.773. The molecule has 1 aliphatic heterocycles. The highest BCUT2D eigenvalue weighted by atomic mass is 19.1. The van der Waals surface area contributed by atoms with Crippen LogP contribution >= 0.6 is 0 Å². The molecule has 4 rings (SSSR count). The molecule has 5 heteroatoms. The molecule has 2 unspecified atom stereocenters. The molecule has 2 aromatic carbocycles. The number of rotatable bonds is 5.